The Hall–Kier alpha value is -0.773. The van der Waals surface area contributed by atoms with Gasteiger partial charge in [-0.3, -0.25) is 0 Å². The van der Waals surface area contributed by atoms with E-state index in [0.717, 1.165) is 36.2 Å². The van der Waals surface area contributed by atoms with Crippen LogP contribution in [0.15, 0.2) is 24.3 Å². The minimum Gasteiger partial charge on any atom is -0.166 e. The third-order valence-electron chi connectivity index (χ3n) is 8.15. The maximum absolute atomic E-state index is 12.8. The van der Waals surface area contributed by atoms with Crippen molar-refractivity contribution in [1.82, 2.24) is 0 Å². The number of unbranched alkanes of at least 4 members (excludes halogenated alkanes) is 1. The zero-order valence-electron chi connectivity index (χ0n) is 19.7. The Bertz CT molecular complexity index is 621. The molecule has 0 N–H and O–H groups in total. The highest BCUT2D eigenvalue weighted by Crippen LogP contribution is 2.39. The van der Waals surface area contributed by atoms with Crippen LogP contribution in [0.5, 0.6) is 0 Å². The molecule has 1 aromatic rings. The summed E-state index contributed by atoms with van der Waals surface area (Å²) in [6.07, 6.45) is 10.6. The van der Waals surface area contributed by atoms with E-state index in [2.05, 4.69) is 13.8 Å². The van der Waals surface area contributed by atoms with Gasteiger partial charge in [-0.2, -0.15) is 13.2 Å². The van der Waals surface area contributed by atoms with E-state index in [1.54, 1.807) is 30.3 Å². The summed E-state index contributed by atoms with van der Waals surface area (Å²) in [5, 5.41) is 0. The normalized spacial score (nSPS) is 27.5. The van der Waals surface area contributed by atoms with Crippen molar-refractivity contribution >= 4 is 8.80 Å². The molecule has 0 radical (unpaired) electrons. The van der Waals surface area contributed by atoms with Crippen LogP contribution in [0.3, 0.4) is 0 Å². The third-order valence-corrected chi connectivity index (χ3v) is 11.6. The predicted molar refractivity (Wildman–Crippen MR) is 128 cm³/mol. The van der Waals surface area contributed by atoms with Crippen molar-refractivity contribution in [2.45, 2.75) is 115 Å². The monoisotopic (exact) mass is 452 g/mol. The van der Waals surface area contributed by atoms with E-state index in [1.807, 2.05) is 0 Å². The summed E-state index contributed by atoms with van der Waals surface area (Å²) in [7, 11) is -0.384. The minimum absolute atomic E-state index is 0.384. The van der Waals surface area contributed by atoms with Crippen LogP contribution < -0.4 is 0 Å². The van der Waals surface area contributed by atoms with Crippen LogP contribution in [0.25, 0.3) is 0 Å². The molecular formula is C27H43F3Si. The van der Waals surface area contributed by atoms with Gasteiger partial charge >= 0.3 is 6.18 Å². The number of hydrogen-bond acceptors (Lipinski definition) is 0. The van der Waals surface area contributed by atoms with Gasteiger partial charge in [0.25, 0.3) is 0 Å². The van der Waals surface area contributed by atoms with Crippen LogP contribution >= 0.6 is 0 Å². The SMILES string of the molecule is CC(C)CC[SiH]1CCC(CCCC[C@H]2CC[C@H](c3ccc(C(F)(F)F)cc3)CC2)CC1. The molecule has 31 heavy (non-hydrogen) atoms. The number of halogens is 3. The fourth-order valence-electron chi connectivity index (χ4n) is 5.97. The Morgan fingerprint density at radius 1 is 0.839 bits per heavy atom. The first-order chi connectivity index (χ1) is 14.8. The lowest BCUT2D eigenvalue weighted by Gasteiger charge is -2.30. The zero-order chi connectivity index (χ0) is 22.3. The molecule has 2 fully saturated rings. The number of alkyl halides is 3. The summed E-state index contributed by atoms with van der Waals surface area (Å²) in [5.41, 5.74) is 0.565. The quantitative estimate of drug-likeness (QED) is 0.259. The Kier molecular flexibility index (Phi) is 9.55. The molecule has 2 aliphatic rings. The summed E-state index contributed by atoms with van der Waals surface area (Å²) in [6.45, 7) is 4.72. The molecule has 3 rings (SSSR count). The van der Waals surface area contributed by atoms with Crippen LogP contribution in [0.1, 0.15) is 102 Å². The molecule has 1 aliphatic carbocycles. The molecule has 0 bridgehead atoms. The van der Waals surface area contributed by atoms with Crippen LogP contribution in [-0.4, -0.2) is 8.80 Å². The second kappa shape index (κ2) is 11.9. The maximum Gasteiger partial charge on any atom is 0.416 e. The largest absolute Gasteiger partial charge is 0.416 e. The second-order valence-electron chi connectivity index (χ2n) is 11.0. The topological polar surface area (TPSA) is 0 Å². The van der Waals surface area contributed by atoms with Gasteiger partial charge in [0.15, 0.2) is 0 Å². The van der Waals surface area contributed by atoms with Crippen molar-refractivity contribution in [1.29, 1.82) is 0 Å². The number of rotatable bonds is 9. The average Bonchev–Trinajstić information content (AvgIpc) is 2.76. The Balaban J connectivity index is 1.27. The highest BCUT2D eigenvalue weighted by Gasteiger charge is 2.30. The van der Waals surface area contributed by atoms with Gasteiger partial charge in [0.1, 0.15) is 0 Å². The Morgan fingerprint density at radius 3 is 1.90 bits per heavy atom. The van der Waals surface area contributed by atoms with Crippen molar-refractivity contribution in [3.8, 4) is 0 Å². The van der Waals surface area contributed by atoms with Gasteiger partial charge in [-0.15, -0.1) is 0 Å². The highest BCUT2D eigenvalue weighted by molar-refractivity contribution is 6.58. The molecule has 0 unspecified atom stereocenters. The lowest BCUT2D eigenvalue weighted by atomic mass is 9.77. The summed E-state index contributed by atoms with van der Waals surface area (Å²) in [5.74, 6) is 3.19. The van der Waals surface area contributed by atoms with Crippen molar-refractivity contribution in [2.24, 2.45) is 17.8 Å². The molecule has 0 amide bonds. The summed E-state index contributed by atoms with van der Waals surface area (Å²) >= 11 is 0. The van der Waals surface area contributed by atoms with Gasteiger partial charge in [-0.25, -0.2) is 0 Å². The van der Waals surface area contributed by atoms with E-state index in [4.69, 9.17) is 0 Å². The fraction of sp³-hybridized carbons (Fsp3) is 0.778. The first-order valence-corrected chi connectivity index (χ1v) is 15.4. The smallest absolute Gasteiger partial charge is 0.166 e. The van der Waals surface area contributed by atoms with E-state index in [-0.39, 0.29) is 8.80 Å². The predicted octanol–water partition coefficient (Wildman–Crippen LogP) is 9.22. The van der Waals surface area contributed by atoms with Crippen LogP contribution in [0.4, 0.5) is 13.2 Å². The standard InChI is InChI=1S/C27H43F3Si/c1-21(2)15-18-31-19-16-23(17-20-31)6-4-3-5-22-7-9-24(10-8-22)25-11-13-26(14-12-25)27(28,29)30/h11-14,21-24,31H,3-10,15-20H2,1-2H3/t22-,23?,24-,31?. The van der Waals surface area contributed by atoms with Gasteiger partial charge in [0, 0.05) is 8.80 Å². The van der Waals surface area contributed by atoms with Crippen molar-refractivity contribution < 1.29 is 13.2 Å². The lowest BCUT2D eigenvalue weighted by molar-refractivity contribution is -0.137. The molecule has 0 atom stereocenters. The van der Waals surface area contributed by atoms with Gasteiger partial charge in [-0.1, -0.05) is 89.1 Å². The van der Waals surface area contributed by atoms with E-state index in [1.165, 1.54) is 69.9 Å². The molecule has 0 aromatic heterocycles. The molecule has 176 valence electrons. The minimum atomic E-state index is -4.23. The first kappa shape index (κ1) is 24.9. The highest BCUT2D eigenvalue weighted by atomic mass is 28.3. The summed E-state index contributed by atoms with van der Waals surface area (Å²) in [4.78, 5) is 0. The molecule has 4 heteroatoms. The van der Waals surface area contributed by atoms with Gasteiger partial charge in [0.2, 0.25) is 0 Å². The first-order valence-electron chi connectivity index (χ1n) is 13.0. The van der Waals surface area contributed by atoms with Gasteiger partial charge in [-0.05, 0) is 67.1 Å². The maximum atomic E-state index is 12.8. The number of hydrogen-bond donors (Lipinski definition) is 0. The fourth-order valence-corrected chi connectivity index (χ4v) is 9.86. The number of benzene rings is 1. The van der Waals surface area contributed by atoms with Crippen LogP contribution in [0.2, 0.25) is 18.1 Å². The molecule has 1 aromatic carbocycles. The molecule has 0 nitrogen and oxygen atoms in total. The Labute approximate surface area is 190 Å². The molecule has 1 saturated carbocycles. The van der Waals surface area contributed by atoms with E-state index >= 15 is 0 Å². The van der Waals surface area contributed by atoms with Crippen LogP contribution in [-0.2, 0) is 6.18 Å². The van der Waals surface area contributed by atoms with Crippen molar-refractivity contribution in [3.63, 3.8) is 0 Å². The van der Waals surface area contributed by atoms with Crippen molar-refractivity contribution in [3.05, 3.63) is 35.4 Å². The second-order valence-corrected chi connectivity index (χ2v) is 14.4. The zero-order valence-corrected chi connectivity index (χ0v) is 20.9. The van der Waals surface area contributed by atoms with E-state index in [0.29, 0.717) is 5.92 Å². The summed E-state index contributed by atoms with van der Waals surface area (Å²) in [6, 6.07) is 10.7. The Morgan fingerprint density at radius 2 is 1.39 bits per heavy atom. The van der Waals surface area contributed by atoms with E-state index < -0.39 is 11.7 Å². The van der Waals surface area contributed by atoms with E-state index in [9.17, 15) is 13.2 Å². The average molecular weight is 453 g/mol. The van der Waals surface area contributed by atoms with Crippen molar-refractivity contribution in [2.75, 3.05) is 0 Å². The molecular weight excluding hydrogens is 409 g/mol. The summed E-state index contributed by atoms with van der Waals surface area (Å²) < 4.78 is 38.3. The molecule has 1 aliphatic heterocycles. The molecule has 0 spiro atoms. The molecule has 1 heterocycles. The third kappa shape index (κ3) is 8.26. The molecule has 1 saturated heterocycles. The van der Waals surface area contributed by atoms with Gasteiger partial charge in [0.05, 0.1) is 5.56 Å². The lowest BCUT2D eigenvalue weighted by Crippen LogP contribution is -2.21. The van der Waals surface area contributed by atoms with Gasteiger partial charge < -0.3 is 0 Å². The van der Waals surface area contributed by atoms with Crippen LogP contribution in [0, 0.1) is 17.8 Å².